The lowest BCUT2D eigenvalue weighted by atomic mass is 10.1. The van der Waals surface area contributed by atoms with Gasteiger partial charge in [-0.25, -0.2) is 4.52 Å². The summed E-state index contributed by atoms with van der Waals surface area (Å²) in [6.07, 6.45) is 12.7. The summed E-state index contributed by atoms with van der Waals surface area (Å²) >= 11 is 1.47. The predicted molar refractivity (Wildman–Crippen MR) is 137 cm³/mol. The van der Waals surface area contributed by atoms with Crippen LogP contribution in [0.5, 0.6) is 0 Å². The molecule has 10 nitrogen and oxygen atoms in total. The van der Waals surface area contributed by atoms with Crippen molar-refractivity contribution >= 4 is 33.7 Å². The minimum absolute atomic E-state index is 0.189. The van der Waals surface area contributed by atoms with Crippen molar-refractivity contribution in [2.45, 2.75) is 26.2 Å². The van der Waals surface area contributed by atoms with E-state index in [1.807, 2.05) is 19.4 Å². The fourth-order valence-electron chi connectivity index (χ4n) is 4.83. The summed E-state index contributed by atoms with van der Waals surface area (Å²) in [4.78, 5) is 34.4. The van der Waals surface area contributed by atoms with E-state index in [1.54, 1.807) is 40.8 Å². The van der Waals surface area contributed by atoms with Gasteiger partial charge in [-0.2, -0.15) is 10.2 Å². The van der Waals surface area contributed by atoms with E-state index in [0.29, 0.717) is 34.5 Å². The molecule has 2 N–H and O–H groups in total. The van der Waals surface area contributed by atoms with E-state index in [-0.39, 0.29) is 11.8 Å². The second kappa shape index (κ2) is 8.82. The molecule has 36 heavy (non-hydrogen) atoms. The maximum Gasteiger partial charge on any atom is 0.260 e. The average molecular weight is 505 g/mol. The molecule has 1 spiro atoms. The Hall–Kier alpha value is -3.57. The fourth-order valence-corrected chi connectivity index (χ4v) is 5.86. The van der Waals surface area contributed by atoms with Crippen LogP contribution in [0.4, 0.5) is 5.69 Å². The summed E-state index contributed by atoms with van der Waals surface area (Å²) in [5.74, 6) is -0.485. The number of carbonyl (C=O) groups excluding carboxylic acids is 2. The number of aromatic nitrogens is 5. The first-order valence-corrected chi connectivity index (χ1v) is 13.0. The van der Waals surface area contributed by atoms with E-state index < -0.39 is 0 Å². The normalized spacial score (nSPS) is 16.6. The highest BCUT2D eigenvalue weighted by Crippen LogP contribution is 2.52. The van der Waals surface area contributed by atoms with Gasteiger partial charge in [-0.1, -0.05) is 0 Å². The molecule has 0 radical (unpaired) electrons. The minimum Gasteiger partial charge on any atom is -0.351 e. The highest BCUT2D eigenvalue weighted by atomic mass is 32.1. The largest absolute Gasteiger partial charge is 0.351 e. The summed E-state index contributed by atoms with van der Waals surface area (Å²) in [5.41, 5.74) is 3.58. The highest BCUT2D eigenvalue weighted by molar-refractivity contribution is 7.21. The maximum atomic E-state index is 13.1. The third-order valence-corrected chi connectivity index (χ3v) is 8.38. The third kappa shape index (κ3) is 4.40. The summed E-state index contributed by atoms with van der Waals surface area (Å²) in [6, 6.07) is 1.68. The molecular formula is C25H28N8O2S. The number of thiazole rings is 1. The van der Waals surface area contributed by atoms with Crippen molar-refractivity contribution in [3.05, 3.63) is 53.9 Å². The van der Waals surface area contributed by atoms with Gasteiger partial charge in [-0.3, -0.25) is 19.3 Å². The Balaban J connectivity index is 1.12. The highest BCUT2D eigenvalue weighted by Gasteiger charge is 2.47. The van der Waals surface area contributed by atoms with Crippen molar-refractivity contribution in [2.75, 3.05) is 31.5 Å². The molecular weight excluding hydrogens is 476 g/mol. The Bertz CT molecular complexity index is 1460. The number of aryl methyl sites for hydroxylation is 2. The number of nitrogens with zero attached hydrogens (tertiary/aromatic N) is 6. The first-order chi connectivity index (χ1) is 17.4. The Morgan fingerprint density at radius 2 is 1.97 bits per heavy atom. The monoisotopic (exact) mass is 504 g/mol. The third-order valence-electron chi connectivity index (χ3n) is 7.22. The lowest BCUT2D eigenvalue weighted by Crippen LogP contribution is -2.34. The van der Waals surface area contributed by atoms with Crippen molar-refractivity contribution in [1.29, 1.82) is 0 Å². The van der Waals surface area contributed by atoms with Gasteiger partial charge in [0, 0.05) is 50.8 Å². The first kappa shape index (κ1) is 22.9. The lowest BCUT2D eigenvalue weighted by Gasteiger charge is -2.16. The van der Waals surface area contributed by atoms with Gasteiger partial charge in [0.25, 0.3) is 11.8 Å². The van der Waals surface area contributed by atoms with E-state index in [1.165, 1.54) is 30.6 Å². The summed E-state index contributed by atoms with van der Waals surface area (Å²) in [5, 5.41) is 14.5. The number of likely N-dealkylation sites (tertiary alicyclic amines) is 1. The van der Waals surface area contributed by atoms with Crippen molar-refractivity contribution in [1.82, 2.24) is 34.6 Å². The fraction of sp³-hybridized carbons (Fsp3) is 0.400. The SMILES string of the molecule is Cc1ncc(C(=O)NCCN2CCC3(CC3)C2)cc1NC(=O)c1cnn2cc(-c3cnn(C)c3)sc12. The molecule has 6 rings (SSSR count). The van der Waals surface area contributed by atoms with E-state index in [9.17, 15) is 9.59 Å². The Morgan fingerprint density at radius 1 is 1.11 bits per heavy atom. The smallest absolute Gasteiger partial charge is 0.260 e. The number of fused-ring (bicyclic) bond motifs is 1. The minimum atomic E-state index is -0.296. The molecule has 1 saturated heterocycles. The molecule has 2 aliphatic rings. The molecule has 1 saturated carbocycles. The summed E-state index contributed by atoms with van der Waals surface area (Å²) in [6.45, 7) is 5.53. The van der Waals surface area contributed by atoms with Crippen molar-refractivity contribution in [2.24, 2.45) is 12.5 Å². The predicted octanol–water partition coefficient (Wildman–Crippen LogP) is 2.97. The average Bonchev–Trinajstić information content (AvgIpc) is 3.25. The quantitative estimate of drug-likeness (QED) is 0.401. The first-order valence-electron chi connectivity index (χ1n) is 12.1. The van der Waals surface area contributed by atoms with Gasteiger partial charge in [-0.05, 0) is 44.2 Å². The Labute approximate surface area is 212 Å². The number of hydrogen-bond acceptors (Lipinski definition) is 7. The number of anilines is 1. The zero-order valence-corrected chi connectivity index (χ0v) is 21.1. The van der Waals surface area contributed by atoms with Gasteiger partial charge in [0.2, 0.25) is 0 Å². The van der Waals surface area contributed by atoms with Crippen LogP contribution < -0.4 is 10.6 Å². The number of nitrogens with one attached hydrogen (secondary N) is 2. The summed E-state index contributed by atoms with van der Waals surface area (Å²) < 4.78 is 3.43. The van der Waals surface area contributed by atoms with Crippen LogP contribution in [-0.4, -0.2) is 67.3 Å². The zero-order valence-electron chi connectivity index (χ0n) is 20.3. The molecule has 4 aromatic rings. The molecule has 11 heteroatoms. The van der Waals surface area contributed by atoms with Crippen molar-refractivity contribution in [3.8, 4) is 10.4 Å². The van der Waals surface area contributed by atoms with Gasteiger partial charge in [-0.15, -0.1) is 11.3 Å². The topological polar surface area (TPSA) is 109 Å². The molecule has 186 valence electrons. The molecule has 2 amide bonds. The van der Waals surface area contributed by atoms with E-state index in [0.717, 1.165) is 34.9 Å². The van der Waals surface area contributed by atoms with Crippen molar-refractivity contribution in [3.63, 3.8) is 0 Å². The molecule has 1 aliphatic carbocycles. The van der Waals surface area contributed by atoms with E-state index in [4.69, 9.17) is 0 Å². The second-order valence-corrected chi connectivity index (χ2v) is 10.9. The number of amides is 2. The number of rotatable bonds is 7. The van der Waals surface area contributed by atoms with Gasteiger partial charge < -0.3 is 15.5 Å². The number of pyridine rings is 1. The molecule has 0 aromatic carbocycles. The second-order valence-electron chi connectivity index (χ2n) is 9.90. The molecule has 5 heterocycles. The van der Waals surface area contributed by atoms with Crippen molar-refractivity contribution < 1.29 is 9.59 Å². The Kier molecular flexibility index (Phi) is 5.60. The molecule has 0 atom stereocenters. The molecule has 1 aliphatic heterocycles. The van der Waals surface area contributed by atoms with Crippen LogP contribution in [0, 0.1) is 12.3 Å². The zero-order chi connectivity index (χ0) is 24.9. The maximum absolute atomic E-state index is 13.1. The molecule has 0 unspecified atom stereocenters. The molecule has 4 aromatic heterocycles. The van der Waals surface area contributed by atoms with Gasteiger partial charge in [0.15, 0.2) is 0 Å². The van der Waals surface area contributed by atoms with E-state index >= 15 is 0 Å². The molecule has 2 fully saturated rings. The van der Waals surface area contributed by atoms with Gasteiger partial charge >= 0.3 is 0 Å². The standard InChI is InChI=1S/C25H28N8O2S/c1-16-20(9-17(10-27-16)22(34)26-6-8-32-7-5-25(15-32)3-4-25)30-23(35)19-12-29-33-14-21(36-24(19)33)18-11-28-31(2)13-18/h9-14H,3-8,15H2,1-2H3,(H,26,34)(H,30,35). The van der Waals surface area contributed by atoms with Crippen LogP contribution in [0.25, 0.3) is 15.3 Å². The van der Waals surface area contributed by atoms with Gasteiger partial charge in [0.05, 0.1) is 39.8 Å². The van der Waals surface area contributed by atoms with Crippen LogP contribution in [-0.2, 0) is 7.05 Å². The summed E-state index contributed by atoms with van der Waals surface area (Å²) in [7, 11) is 1.86. The van der Waals surface area contributed by atoms with Crippen LogP contribution >= 0.6 is 11.3 Å². The molecule has 0 bridgehead atoms. The van der Waals surface area contributed by atoms with Crippen LogP contribution in [0.3, 0.4) is 0 Å². The van der Waals surface area contributed by atoms with Crippen LogP contribution in [0.2, 0.25) is 0 Å². The van der Waals surface area contributed by atoms with Crippen LogP contribution in [0.15, 0.2) is 37.1 Å². The van der Waals surface area contributed by atoms with Crippen LogP contribution in [0.1, 0.15) is 45.7 Å². The van der Waals surface area contributed by atoms with Gasteiger partial charge in [0.1, 0.15) is 4.83 Å². The Morgan fingerprint density at radius 3 is 2.72 bits per heavy atom. The number of hydrogen-bond donors (Lipinski definition) is 2. The lowest BCUT2D eigenvalue weighted by molar-refractivity contribution is 0.0947. The number of carbonyl (C=O) groups is 2. The van der Waals surface area contributed by atoms with E-state index in [2.05, 4.69) is 30.7 Å².